The van der Waals surface area contributed by atoms with Crippen molar-refractivity contribution in [1.82, 2.24) is 0 Å². The van der Waals surface area contributed by atoms with E-state index in [1.54, 1.807) is 48.5 Å². The van der Waals surface area contributed by atoms with Crippen molar-refractivity contribution in [1.29, 1.82) is 0 Å². The number of nitrogens with two attached hydrogens (primary N) is 2. The van der Waals surface area contributed by atoms with Gasteiger partial charge in [-0.15, -0.1) is 0 Å². The maximum Gasteiger partial charge on any atom is 0.338 e. The van der Waals surface area contributed by atoms with E-state index in [0.29, 0.717) is 40.8 Å². The molecule has 0 spiro atoms. The number of hydrogen-bond acceptors (Lipinski definition) is 6. The maximum absolute atomic E-state index is 12.8. The van der Waals surface area contributed by atoms with E-state index in [1.807, 2.05) is 0 Å². The SMILES string of the molecule is Nc1ccc(C(=O)OC23CC4CC(C2)CC(OC(=O)c2ccc(N)cc2)(C4)C3)cc1. The first-order valence-corrected chi connectivity index (χ1v) is 10.5. The van der Waals surface area contributed by atoms with Crippen molar-refractivity contribution in [3.05, 3.63) is 59.7 Å². The van der Waals surface area contributed by atoms with E-state index in [0.717, 1.165) is 32.1 Å². The van der Waals surface area contributed by atoms with Crippen molar-refractivity contribution in [2.24, 2.45) is 11.8 Å². The van der Waals surface area contributed by atoms with Crippen molar-refractivity contribution >= 4 is 23.3 Å². The molecule has 6 heteroatoms. The minimum atomic E-state index is -0.566. The van der Waals surface area contributed by atoms with E-state index in [1.165, 1.54) is 0 Å². The Labute approximate surface area is 175 Å². The van der Waals surface area contributed by atoms with Crippen LogP contribution < -0.4 is 11.5 Å². The molecule has 2 aromatic rings. The lowest BCUT2D eigenvalue weighted by molar-refractivity contribution is -0.200. The number of hydrogen-bond donors (Lipinski definition) is 2. The summed E-state index contributed by atoms with van der Waals surface area (Å²) < 4.78 is 12.2. The zero-order valence-corrected chi connectivity index (χ0v) is 16.8. The van der Waals surface area contributed by atoms with Gasteiger partial charge in [-0.05, 0) is 92.5 Å². The average molecular weight is 406 g/mol. The molecular weight excluding hydrogens is 380 g/mol. The predicted octanol–water partition coefficient (Wildman–Crippen LogP) is 3.96. The Balaban J connectivity index is 1.36. The van der Waals surface area contributed by atoms with Crippen molar-refractivity contribution in [3.63, 3.8) is 0 Å². The number of benzene rings is 2. The molecule has 0 atom stereocenters. The molecule has 0 aliphatic heterocycles. The third kappa shape index (κ3) is 3.40. The van der Waals surface area contributed by atoms with Crippen molar-refractivity contribution in [3.8, 4) is 0 Å². The minimum Gasteiger partial charge on any atom is -0.455 e. The Morgan fingerprint density at radius 2 is 1.07 bits per heavy atom. The second-order valence-electron chi connectivity index (χ2n) is 9.35. The van der Waals surface area contributed by atoms with Crippen LogP contribution in [-0.2, 0) is 9.47 Å². The quantitative estimate of drug-likeness (QED) is 0.588. The molecule has 156 valence electrons. The van der Waals surface area contributed by atoms with E-state index in [2.05, 4.69) is 0 Å². The molecule has 0 saturated heterocycles. The molecule has 4 aliphatic rings. The normalized spacial score (nSPS) is 31.3. The lowest BCUT2D eigenvalue weighted by atomic mass is 9.52. The molecule has 0 heterocycles. The summed E-state index contributed by atoms with van der Waals surface area (Å²) in [4.78, 5) is 25.7. The Morgan fingerprint density at radius 3 is 1.43 bits per heavy atom. The van der Waals surface area contributed by atoms with Crippen LogP contribution in [0.1, 0.15) is 59.2 Å². The topological polar surface area (TPSA) is 105 Å². The molecule has 4 aliphatic carbocycles. The van der Waals surface area contributed by atoms with Gasteiger partial charge in [-0.1, -0.05) is 0 Å². The second kappa shape index (κ2) is 6.76. The smallest absolute Gasteiger partial charge is 0.338 e. The standard InChI is InChI=1S/C24H26N2O4/c25-19-5-1-17(2-6-19)21(27)29-23-10-15-9-16(11-23)13-24(12-15,14-23)30-22(28)18-3-7-20(26)8-4-18/h1-8,15-16H,9-14,25-26H2. The summed E-state index contributed by atoms with van der Waals surface area (Å²) >= 11 is 0. The molecule has 0 amide bonds. The van der Waals surface area contributed by atoms with Gasteiger partial charge in [0.1, 0.15) is 11.2 Å². The maximum atomic E-state index is 12.8. The van der Waals surface area contributed by atoms with Crippen LogP contribution >= 0.6 is 0 Å². The van der Waals surface area contributed by atoms with Gasteiger partial charge in [0.25, 0.3) is 0 Å². The highest BCUT2D eigenvalue weighted by Gasteiger charge is 2.61. The summed E-state index contributed by atoms with van der Waals surface area (Å²) in [5, 5.41) is 0. The number of carbonyl (C=O) groups is 2. The fourth-order valence-electron chi connectivity index (χ4n) is 6.08. The van der Waals surface area contributed by atoms with E-state index < -0.39 is 11.2 Å². The molecule has 0 unspecified atom stereocenters. The van der Waals surface area contributed by atoms with Crippen LogP contribution in [0.5, 0.6) is 0 Å². The van der Waals surface area contributed by atoms with Gasteiger partial charge in [0, 0.05) is 17.8 Å². The van der Waals surface area contributed by atoms with Crippen LogP contribution in [0.15, 0.2) is 48.5 Å². The first kappa shape index (κ1) is 19.0. The molecule has 6 rings (SSSR count). The molecule has 4 fully saturated rings. The van der Waals surface area contributed by atoms with E-state index in [9.17, 15) is 9.59 Å². The summed E-state index contributed by atoms with van der Waals surface area (Å²) in [5.74, 6) is 0.142. The lowest BCUT2D eigenvalue weighted by Gasteiger charge is -2.60. The number of anilines is 2. The Kier molecular flexibility index (Phi) is 4.27. The molecule has 30 heavy (non-hydrogen) atoms. The Hall–Kier alpha value is -3.02. The molecular formula is C24H26N2O4. The number of esters is 2. The first-order valence-electron chi connectivity index (χ1n) is 10.5. The number of carbonyl (C=O) groups excluding carboxylic acids is 2. The predicted molar refractivity (Wildman–Crippen MR) is 113 cm³/mol. The average Bonchev–Trinajstić information content (AvgIpc) is 2.67. The van der Waals surface area contributed by atoms with E-state index in [-0.39, 0.29) is 11.9 Å². The molecule has 6 nitrogen and oxygen atoms in total. The van der Waals surface area contributed by atoms with Gasteiger partial charge in [-0.25, -0.2) is 9.59 Å². The van der Waals surface area contributed by atoms with Gasteiger partial charge in [-0.2, -0.15) is 0 Å². The fraction of sp³-hybridized carbons (Fsp3) is 0.417. The van der Waals surface area contributed by atoms with Crippen LogP contribution in [0.4, 0.5) is 11.4 Å². The summed E-state index contributed by atoms with van der Waals surface area (Å²) in [6.07, 6.45) is 5.03. The van der Waals surface area contributed by atoms with Gasteiger partial charge in [-0.3, -0.25) is 0 Å². The monoisotopic (exact) mass is 406 g/mol. The molecule has 0 radical (unpaired) electrons. The van der Waals surface area contributed by atoms with Gasteiger partial charge in [0.15, 0.2) is 0 Å². The third-order valence-electron chi connectivity index (χ3n) is 6.86. The molecule has 4 N–H and O–H groups in total. The van der Waals surface area contributed by atoms with Gasteiger partial charge in [0.2, 0.25) is 0 Å². The zero-order valence-electron chi connectivity index (χ0n) is 16.8. The Morgan fingerprint density at radius 1 is 0.700 bits per heavy atom. The van der Waals surface area contributed by atoms with E-state index >= 15 is 0 Å². The summed E-state index contributed by atoms with van der Waals surface area (Å²) in [5.41, 5.74) is 12.5. The highest BCUT2D eigenvalue weighted by Crippen LogP contribution is 2.60. The summed E-state index contributed by atoms with van der Waals surface area (Å²) in [6, 6.07) is 13.6. The zero-order chi connectivity index (χ0) is 20.9. The molecule has 4 saturated carbocycles. The highest BCUT2D eigenvalue weighted by molar-refractivity contribution is 5.91. The van der Waals surface area contributed by atoms with Gasteiger partial charge in [0.05, 0.1) is 11.1 Å². The fourth-order valence-corrected chi connectivity index (χ4v) is 6.08. The van der Waals surface area contributed by atoms with Crippen LogP contribution in [0.25, 0.3) is 0 Å². The second-order valence-corrected chi connectivity index (χ2v) is 9.35. The van der Waals surface area contributed by atoms with Gasteiger partial charge >= 0.3 is 11.9 Å². The van der Waals surface area contributed by atoms with Crippen LogP contribution in [0.2, 0.25) is 0 Å². The number of nitrogen functional groups attached to an aromatic ring is 2. The minimum absolute atomic E-state index is 0.336. The highest BCUT2D eigenvalue weighted by atomic mass is 16.6. The number of ether oxygens (including phenoxy) is 2. The van der Waals surface area contributed by atoms with Crippen LogP contribution in [0, 0.1) is 11.8 Å². The van der Waals surface area contributed by atoms with Crippen LogP contribution in [0.3, 0.4) is 0 Å². The van der Waals surface area contributed by atoms with Gasteiger partial charge < -0.3 is 20.9 Å². The van der Waals surface area contributed by atoms with Crippen molar-refractivity contribution in [2.45, 2.75) is 49.7 Å². The van der Waals surface area contributed by atoms with E-state index in [4.69, 9.17) is 20.9 Å². The number of rotatable bonds is 4. The third-order valence-corrected chi connectivity index (χ3v) is 6.86. The summed E-state index contributed by atoms with van der Waals surface area (Å²) in [6.45, 7) is 0. The molecule has 4 bridgehead atoms. The summed E-state index contributed by atoms with van der Waals surface area (Å²) in [7, 11) is 0. The molecule has 0 aromatic heterocycles. The van der Waals surface area contributed by atoms with Crippen molar-refractivity contribution < 1.29 is 19.1 Å². The largest absolute Gasteiger partial charge is 0.455 e. The lowest BCUT2D eigenvalue weighted by Crippen LogP contribution is -2.61. The van der Waals surface area contributed by atoms with Crippen molar-refractivity contribution in [2.75, 3.05) is 11.5 Å². The molecule has 2 aromatic carbocycles. The van der Waals surface area contributed by atoms with Crippen LogP contribution in [-0.4, -0.2) is 23.1 Å². The first-order chi connectivity index (χ1) is 14.3. The Bertz CT molecular complexity index is 892.